The van der Waals surface area contributed by atoms with Crippen LogP contribution in [0, 0.1) is 6.92 Å². The van der Waals surface area contributed by atoms with Gasteiger partial charge in [-0.3, -0.25) is 18.8 Å². The van der Waals surface area contributed by atoms with Crippen molar-refractivity contribution in [3.63, 3.8) is 0 Å². The molecule has 0 aliphatic carbocycles. The van der Waals surface area contributed by atoms with Gasteiger partial charge in [0.2, 0.25) is 0 Å². The van der Waals surface area contributed by atoms with Gasteiger partial charge in [0.25, 0.3) is 15.9 Å². The van der Waals surface area contributed by atoms with Crippen LogP contribution in [0.15, 0.2) is 58.8 Å². The molecule has 3 aromatic rings. The first-order chi connectivity index (χ1) is 13.9. The molecule has 3 heterocycles. The summed E-state index contributed by atoms with van der Waals surface area (Å²) in [6.07, 6.45) is 4.76. The van der Waals surface area contributed by atoms with Crippen molar-refractivity contribution in [2.45, 2.75) is 18.4 Å². The lowest BCUT2D eigenvalue weighted by atomic mass is 10.1. The third kappa shape index (κ3) is 3.27. The van der Waals surface area contributed by atoms with Crippen LogP contribution in [0.4, 0.5) is 5.69 Å². The summed E-state index contributed by atoms with van der Waals surface area (Å²) in [5, 5.41) is 8.41. The molecule has 9 nitrogen and oxygen atoms in total. The Morgan fingerprint density at radius 3 is 2.79 bits per heavy atom. The number of aromatic nitrogens is 3. The first-order valence-electron chi connectivity index (χ1n) is 8.77. The summed E-state index contributed by atoms with van der Waals surface area (Å²) in [4.78, 5) is 16.5. The summed E-state index contributed by atoms with van der Waals surface area (Å²) >= 11 is 0. The Morgan fingerprint density at radius 1 is 1.24 bits per heavy atom. The lowest BCUT2D eigenvalue weighted by molar-refractivity contribution is -0.121. The van der Waals surface area contributed by atoms with E-state index in [1.165, 1.54) is 22.2 Å². The second kappa shape index (κ2) is 7.13. The number of carbonyl (C=O) groups excluding carboxylic acids is 1. The zero-order valence-electron chi connectivity index (χ0n) is 15.8. The highest BCUT2D eigenvalue weighted by Gasteiger charge is 2.36. The molecule has 0 spiro atoms. The van der Waals surface area contributed by atoms with Crippen LogP contribution in [0.2, 0.25) is 0 Å². The van der Waals surface area contributed by atoms with Crippen LogP contribution < -0.4 is 9.73 Å². The van der Waals surface area contributed by atoms with Gasteiger partial charge in [0.15, 0.2) is 0 Å². The number of pyridine rings is 1. The number of amides is 1. The molecule has 10 heteroatoms. The normalized spacial score (nSPS) is 14.5. The number of nitrogens with one attached hydrogen (secondary N) is 1. The highest BCUT2D eigenvalue weighted by molar-refractivity contribution is 7.93. The molecule has 0 saturated heterocycles. The van der Waals surface area contributed by atoms with Gasteiger partial charge in [-0.25, -0.2) is 13.8 Å². The smallest absolute Gasteiger partial charge is 0.264 e. The van der Waals surface area contributed by atoms with E-state index in [0.29, 0.717) is 22.6 Å². The van der Waals surface area contributed by atoms with Crippen molar-refractivity contribution in [3.8, 4) is 11.3 Å². The van der Waals surface area contributed by atoms with Crippen molar-refractivity contribution in [1.29, 1.82) is 0 Å². The number of benzene rings is 1. The highest BCUT2D eigenvalue weighted by Crippen LogP contribution is 2.43. The molecule has 0 radical (unpaired) electrons. The molecular formula is C19H18N6O3S. The van der Waals surface area contributed by atoms with Crippen LogP contribution in [-0.4, -0.2) is 42.4 Å². The highest BCUT2D eigenvalue weighted by atomic mass is 32.2. The lowest BCUT2D eigenvalue weighted by Gasteiger charge is -2.26. The zero-order valence-corrected chi connectivity index (χ0v) is 16.6. The molecule has 0 unspecified atom stereocenters. The summed E-state index contributed by atoms with van der Waals surface area (Å²) < 4.78 is 28.3. The molecule has 0 atom stereocenters. The average Bonchev–Trinajstić information content (AvgIpc) is 3.03. The molecule has 4 rings (SSSR count). The second-order valence-electron chi connectivity index (χ2n) is 6.49. The lowest BCUT2D eigenvalue weighted by Crippen LogP contribution is -2.30. The standard InChI is InChI=1S/C19H18N6O3S/c1-13-19-18(15-7-3-4-8-16(15)29(27,28)24(19)2)23-25(13)12-17(26)22-21-11-14-6-5-9-20-10-14/h3-11H,12H2,1-2H3,(H,22,26)/b21-11+. The number of nitrogens with zero attached hydrogens (tertiary/aromatic N) is 5. The molecule has 148 valence electrons. The van der Waals surface area contributed by atoms with Crippen molar-refractivity contribution >= 4 is 27.8 Å². The van der Waals surface area contributed by atoms with Crippen LogP contribution in [0.25, 0.3) is 11.3 Å². The van der Waals surface area contributed by atoms with Gasteiger partial charge in [0.1, 0.15) is 17.9 Å². The number of sulfonamides is 1. The van der Waals surface area contributed by atoms with Gasteiger partial charge in [-0.05, 0) is 19.1 Å². The number of anilines is 1. The Balaban J connectivity index is 1.60. The molecule has 0 fully saturated rings. The second-order valence-corrected chi connectivity index (χ2v) is 8.43. The predicted molar refractivity (Wildman–Crippen MR) is 108 cm³/mol. The van der Waals surface area contributed by atoms with E-state index in [0.717, 1.165) is 5.56 Å². The Morgan fingerprint density at radius 2 is 2.03 bits per heavy atom. The van der Waals surface area contributed by atoms with Gasteiger partial charge < -0.3 is 0 Å². The first kappa shape index (κ1) is 18.8. The van der Waals surface area contributed by atoms with Crippen LogP contribution >= 0.6 is 0 Å². The van der Waals surface area contributed by atoms with Gasteiger partial charge in [-0.2, -0.15) is 10.2 Å². The molecule has 1 aliphatic heterocycles. The number of carbonyl (C=O) groups is 1. The van der Waals surface area contributed by atoms with E-state index in [-0.39, 0.29) is 17.3 Å². The third-order valence-corrected chi connectivity index (χ3v) is 6.47. The van der Waals surface area contributed by atoms with Gasteiger partial charge >= 0.3 is 0 Å². The van der Waals surface area contributed by atoms with Crippen LogP contribution in [0.3, 0.4) is 0 Å². The van der Waals surface area contributed by atoms with Crippen molar-refractivity contribution in [1.82, 2.24) is 20.2 Å². The van der Waals surface area contributed by atoms with Crippen molar-refractivity contribution in [2.75, 3.05) is 11.4 Å². The van der Waals surface area contributed by atoms with E-state index in [2.05, 4.69) is 20.6 Å². The van der Waals surface area contributed by atoms with E-state index in [9.17, 15) is 13.2 Å². The van der Waals surface area contributed by atoms with Crippen LogP contribution in [0.1, 0.15) is 11.3 Å². The predicted octanol–water partition coefficient (Wildman–Crippen LogP) is 1.54. The van der Waals surface area contributed by atoms with Gasteiger partial charge in [-0.1, -0.05) is 24.3 Å². The van der Waals surface area contributed by atoms with Gasteiger partial charge in [0.05, 0.1) is 16.8 Å². The van der Waals surface area contributed by atoms with Crippen LogP contribution in [-0.2, 0) is 21.4 Å². The largest absolute Gasteiger partial charge is 0.271 e. The maximum Gasteiger partial charge on any atom is 0.264 e. The van der Waals surface area contributed by atoms with Crippen LogP contribution in [0.5, 0.6) is 0 Å². The van der Waals surface area contributed by atoms with E-state index in [1.54, 1.807) is 49.6 Å². The average molecular weight is 410 g/mol. The Bertz CT molecular complexity index is 1220. The Labute approximate surface area is 167 Å². The third-order valence-electron chi connectivity index (χ3n) is 4.65. The first-order valence-corrected chi connectivity index (χ1v) is 10.2. The van der Waals surface area contributed by atoms with Crippen molar-refractivity contribution in [3.05, 3.63) is 60.0 Å². The quantitative estimate of drug-likeness (QED) is 0.518. The molecular weight excluding hydrogens is 392 g/mol. The minimum Gasteiger partial charge on any atom is -0.271 e. The molecule has 29 heavy (non-hydrogen) atoms. The number of rotatable bonds is 4. The van der Waals surface area contributed by atoms with E-state index >= 15 is 0 Å². The fraction of sp³-hybridized carbons (Fsp3) is 0.158. The van der Waals surface area contributed by atoms with Gasteiger partial charge in [-0.15, -0.1) is 0 Å². The number of fused-ring (bicyclic) bond motifs is 3. The molecule has 1 N–H and O–H groups in total. The van der Waals surface area contributed by atoms with Crippen molar-refractivity contribution in [2.24, 2.45) is 5.10 Å². The molecule has 1 aliphatic rings. The number of hydrogen-bond donors (Lipinski definition) is 1. The van der Waals surface area contributed by atoms with E-state index < -0.39 is 10.0 Å². The maximum absolute atomic E-state index is 12.8. The molecule has 2 aromatic heterocycles. The minimum atomic E-state index is -3.67. The number of hydrazone groups is 1. The summed E-state index contributed by atoms with van der Waals surface area (Å²) in [7, 11) is -2.18. The molecule has 0 bridgehead atoms. The molecule has 1 aromatic carbocycles. The SMILES string of the molecule is Cc1c2c(nn1CC(=O)N/N=C/c1cccnc1)-c1ccccc1S(=O)(=O)N2C. The monoisotopic (exact) mass is 410 g/mol. The van der Waals surface area contributed by atoms with Gasteiger partial charge in [0, 0.05) is 30.6 Å². The van der Waals surface area contributed by atoms with E-state index in [1.807, 2.05) is 6.07 Å². The summed E-state index contributed by atoms with van der Waals surface area (Å²) in [5.41, 5.74) is 5.29. The zero-order chi connectivity index (χ0) is 20.6. The maximum atomic E-state index is 12.8. The fourth-order valence-corrected chi connectivity index (χ4v) is 4.65. The Kier molecular flexibility index (Phi) is 4.63. The summed E-state index contributed by atoms with van der Waals surface area (Å²) in [5.74, 6) is -0.383. The molecule has 0 saturated carbocycles. The number of hydrogen-bond acceptors (Lipinski definition) is 6. The molecule has 1 amide bonds. The summed E-state index contributed by atoms with van der Waals surface area (Å²) in [6.45, 7) is 1.64. The minimum absolute atomic E-state index is 0.0979. The topological polar surface area (TPSA) is 110 Å². The van der Waals surface area contributed by atoms with E-state index in [4.69, 9.17) is 0 Å². The van der Waals surface area contributed by atoms with Crippen molar-refractivity contribution < 1.29 is 13.2 Å². The summed E-state index contributed by atoms with van der Waals surface area (Å²) in [6, 6.07) is 10.3. The fourth-order valence-electron chi connectivity index (χ4n) is 3.21. The Hall–Kier alpha value is -3.53.